The maximum absolute atomic E-state index is 11.7. The van der Waals surface area contributed by atoms with E-state index in [1.54, 1.807) is 13.3 Å². The molecule has 0 spiro atoms. The molecule has 0 atom stereocenters. The Morgan fingerprint density at radius 2 is 2.05 bits per heavy atom. The molecule has 6 heteroatoms. The van der Waals surface area contributed by atoms with Crippen molar-refractivity contribution in [1.82, 2.24) is 14.9 Å². The number of carbonyl (C=O) groups is 1. The number of benzene rings is 1. The van der Waals surface area contributed by atoms with Crippen molar-refractivity contribution < 1.29 is 9.53 Å². The average molecular weight is 288 g/mol. The van der Waals surface area contributed by atoms with Gasteiger partial charge in [0.15, 0.2) is 0 Å². The number of nitrogens with zero attached hydrogens (tertiary/aromatic N) is 2. The first-order valence-corrected chi connectivity index (χ1v) is 6.86. The summed E-state index contributed by atoms with van der Waals surface area (Å²) in [4.78, 5) is 15.9. The Morgan fingerprint density at radius 3 is 2.67 bits per heavy atom. The Hall–Kier alpha value is -2.50. The van der Waals surface area contributed by atoms with Crippen molar-refractivity contribution in [3.05, 3.63) is 30.5 Å². The van der Waals surface area contributed by atoms with Crippen LogP contribution in [0.4, 0.5) is 10.7 Å². The summed E-state index contributed by atoms with van der Waals surface area (Å²) >= 11 is 0. The molecule has 2 rings (SSSR count). The van der Waals surface area contributed by atoms with E-state index in [1.807, 2.05) is 42.8 Å². The maximum Gasteiger partial charge on any atom is 0.321 e. The number of ether oxygens (including phenoxy) is 1. The summed E-state index contributed by atoms with van der Waals surface area (Å²) in [7, 11) is 3.50. The number of anilines is 1. The summed E-state index contributed by atoms with van der Waals surface area (Å²) in [5.74, 6) is 1.31. The number of methoxy groups -OCH3 is 1. The van der Waals surface area contributed by atoms with Crippen LogP contribution in [0.25, 0.3) is 11.3 Å². The number of hydrogen-bond donors (Lipinski definition) is 2. The van der Waals surface area contributed by atoms with Crippen molar-refractivity contribution in [2.24, 2.45) is 7.05 Å². The normalized spacial score (nSPS) is 10.2. The third kappa shape index (κ3) is 3.53. The van der Waals surface area contributed by atoms with Gasteiger partial charge in [-0.25, -0.2) is 9.78 Å². The molecule has 1 heterocycles. The van der Waals surface area contributed by atoms with Crippen molar-refractivity contribution in [2.45, 2.75) is 13.3 Å². The third-order valence-corrected chi connectivity index (χ3v) is 3.13. The van der Waals surface area contributed by atoms with E-state index in [0.29, 0.717) is 12.5 Å². The zero-order valence-corrected chi connectivity index (χ0v) is 12.5. The number of hydrogen-bond acceptors (Lipinski definition) is 3. The van der Waals surface area contributed by atoms with Crippen LogP contribution in [0.3, 0.4) is 0 Å². The van der Waals surface area contributed by atoms with Crippen molar-refractivity contribution in [1.29, 1.82) is 0 Å². The molecule has 1 aromatic carbocycles. The smallest absolute Gasteiger partial charge is 0.321 e. The summed E-state index contributed by atoms with van der Waals surface area (Å²) in [6, 6.07) is 7.45. The van der Waals surface area contributed by atoms with Crippen LogP contribution in [0.2, 0.25) is 0 Å². The van der Waals surface area contributed by atoms with Crippen LogP contribution < -0.4 is 15.4 Å². The molecule has 0 saturated heterocycles. The van der Waals surface area contributed by atoms with E-state index >= 15 is 0 Å². The minimum Gasteiger partial charge on any atom is -0.497 e. The Kier molecular flexibility index (Phi) is 4.81. The molecule has 2 amide bonds. The van der Waals surface area contributed by atoms with Crippen molar-refractivity contribution in [3.8, 4) is 17.0 Å². The van der Waals surface area contributed by atoms with Gasteiger partial charge in [0, 0.05) is 19.2 Å². The summed E-state index contributed by atoms with van der Waals surface area (Å²) in [5.41, 5.74) is 1.93. The van der Waals surface area contributed by atoms with Gasteiger partial charge in [0.2, 0.25) is 5.95 Å². The van der Waals surface area contributed by atoms with Crippen LogP contribution in [0.1, 0.15) is 13.3 Å². The molecule has 1 aromatic heterocycles. The first-order valence-electron chi connectivity index (χ1n) is 6.86. The van der Waals surface area contributed by atoms with Gasteiger partial charge in [0.25, 0.3) is 0 Å². The van der Waals surface area contributed by atoms with Gasteiger partial charge in [0.05, 0.1) is 19.0 Å². The first-order chi connectivity index (χ1) is 10.2. The van der Waals surface area contributed by atoms with Gasteiger partial charge in [-0.15, -0.1) is 0 Å². The quantitative estimate of drug-likeness (QED) is 0.888. The minimum atomic E-state index is -0.244. The van der Waals surface area contributed by atoms with E-state index in [-0.39, 0.29) is 6.03 Å². The average Bonchev–Trinajstić information content (AvgIpc) is 2.86. The lowest BCUT2D eigenvalue weighted by Gasteiger charge is -2.08. The molecular weight excluding hydrogens is 268 g/mol. The number of nitrogens with one attached hydrogen (secondary N) is 2. The molecule has 0 fully saturated rings. The second-order valence-electron chi connectivity index (χ2n) is 4.64. The van der Waals surface area contributed by atoms with Gasteiger partial charge in [0.1, 0.15) is 5.75 Å². The molecule has 2 aromatic rings. The number of imidazole rings is 1. The Morgan fingerprint density at radius 1 is 1.33 bits per heavy atom. The fourth-order valence-corrected chi connectivity index (χ4v) is 1.94. The largest absolute Gasteiger partial charge is 0.497 e. The first kappa shape index (κ1) is 14.9. The number of amides is 2. The summed E-state index contributed by atoms with van der Waals surface area (Å²) in [6.45, 7) is 2.64. The Balaban J connectivity index is 2.14. The van der Waals surface area contributed by atoms with E-state index in [9.17, 15) is 4.79 Å². The SMILES string of the molecule is CCCNC(=O)Nc1ncc(-c2ccc(OC)cc2)n1C. The molecule has 0 aliphatic carbocycles. The highest BCUT2D eigenvalue weighted by atomic mass is 16.5. The Bertz CT molecular complexity index is 605. The minimum absolute atomic E-state index is 0.244. The molecule has 0 saturated carbocycles. The van der Waals surface area contributed by atoms with Crippen LogP contribution in [0.5, 0.6) is 5.75 Å². The van der Waals surface area contributed by atoms with E-state index < -0.39 is 0 Å². The molecule has 0 unspecified atom stereocenters. The van der Waals surface area contributed by atoms with Gasteiger partial charge in [-0.1, -0.05) is 6.92 Å². The lowest BCUT2D eigenvalue weighted by Crippen LogP contribution is -2.30. The molecule has 6 nitrogen and oxygen atoms in total. The Labute approximate surface area is 124 Å². The van der Waals surface area contributed by atoms with Crippen molar-refractivity contribution in [3.63, 3.8) is 0 Å². The summed E-state index contributed by atoms with van der Waals surface area (Å²) < 4.78 is 6.98. The van der Waals surface area contributed by atoms with Gasteiger partial charge in [-0.05, 0) is 30.7 Å². The highest BCUT2D eigenvalue weighted by Crippen LogP contribution is 2.24. The van der Waals surface area contributed by atoms with Crippen LogP contribution in [0.15, 0.2) is 30.5 Å². The van der Waals surface area contributed by atoms with Gasteiger partial charge in [-0.3, -0.25) is 5.32 Å². The molecule has 112 valence electrons. The summed E-state index contributed by atoms with van der Waals surface area (Å²) in [6.07, 6.45) is 2.63. The number of carbonyl (C=O) groups excluding carboxylic acids is 1. The zero-order valence-electron chi connectivity index (χ0n) is 12.5. The zero-order chi connectivity index (χ0) is 15.2. The summed E-state index contributed by atoms with van der Waals surface area (Å²) in [5, 5.41) is 5.49. The van der Waals surface area contributed by atoms with Gasteiger partial charge in [-0.2, -0.15) is 0 Å². The van der Waals surface area contributed by atoms with Crippen molar-refractivity contribution in [2.75, 3.05) is 19.0 Å². The highest BCUT2D eigenvalue weighted by Gasteiger charge is 2.10. The molecule has 0 bridgehead atoms. The standard InChI is InChI=1S/C15H20N4O2/c1-4-9-16-15(20)18-14-17-10-13(19(14)2)11-5-7-12(21-3)8-6-11/h5-8,10H,4,9H2,1-3H3,(H2,16,17,18,20). The molecule has 2 N–H and O–H groups in total. The van der Waals surface area contributed by atoms with E-state index in [1.165, 1.54) is 0 Å². The van der Waals surface area contributed by atoms with Crippen LogP contribution in [0, 0.1) is 0 Å². The predicted molar refractivity (Wildman–Crippen MR) is 82.5 cm³/mol. The number of urea groups is 1. The van der Waals surface area contributed by atoms with Gasteiger partial charge >= 0.3 is 6.03 Å². The van der Waals surface area contributed by atoms with E-state index in [4.69, 9.17) is 4.74 Å². The molecule has 0 aliphatic rings. The van der Waals surface area contributed by atoms with E-state index in [2.05, 4.69) is 15.6 Å². The maximum atomic E-state index is 11.7. The number of rotatable bonds is 5. The van der Waals surface area contributed by atoms with Crippen LogP contribution in [-0.2, 0) is 7.05 Å². The second kappa shape index (κ2) is 6.78. The lowest BCUT2D eigenvalue weighted by atomic mass is 10.1. The molecule has 0 aliphatic heterocycles. The van der Waals surface area contributed by atoms with Crippen molar-refractivity contribution >= 4 is 12.0 Å². The molecule has 0 radical (unpaired) electrons. The fraction of sp³-hybridized carbons (Fsp3) is 0.333. The lowest BCUT2D eigenvalue weighted by molar-refractivity contribution is 0.252. The predicted octanol–water partition coefficient (Wildman–Crippen LogP) is 2.63. The topological polar surface area (TPSA) is 68.2 Å². The van der Waals surface area contributed by atoms with Crippen LogP contribution in [-0.4, -0.2) is 29.2 Å². The van der Waals surface area contributed by atoms with E-state index in [0.717, 1.165) is 23.4 Å². The highest BCUT2D eigenvalue weighted by molar-refractivity contribution is 5.87. The fourth-order valence-electron chi connectivity index (χ4n) is 1.94. The second-order valence-corrected chi connectivity index (χ2v) is 4.64. The third-order valence-electron chi connectivity index (χ3n) is 3.13. The molecule has 21 heavy (non-hydrogen) atoms. The van der Waals surface area contributed by atoms with Gasteiger partial charge < -0.3 is 14.6 Å². The monoisotopic (exact) mass is 288 g/mol. The molecular formula is C15H20N4O2. The van der Waals surface area contributed by atoms with Crippen LogP contribution >= 0.6 is 0 Å². The number of aromatic nitrogens is 2.